The number of hydrogen-bond donors (Lipinski definition) is 1. The molecule has 1 aliphatic rings. The van der Waals surface area contributed by atoms with Crippen molar-refractivity contribution >= 4 is 40.8 Å². The van der Waals surface area contributed by atoms with Crippen LogP contribution in [-0.4, -0.2) is 16.0 Å². The summed E-state index contributed by atoms with van der Waals surface area (Å²) in [5.41, 5.74) is 2.16. The molecule has 0 spiro atoms. The predicted octanol–water partition coefficient (Wildman–Crippen LogP) is 4.28. The second-order valence-corrected chi connectivity index (χ2v) is 6.14. The number of anilines is 1. The van der Waals surface area contributed by atoms with E-state index in [0.717, 1.165) is 23.8 Å². The van der Waals surface area contributed by atoms with Crippen LogP contribution in [0.3, 0.4) is 0 Å². The number of pyridine rings is 1. The molecule has 1 N–H and O–H groups in total. The maximum atomic E-state index is 6.23. The maximum absolute atomic E-state index is 6.23. The van der Waals surface area contributed by atoms with Gasteiger partial charge in [0.25, 0.3) is 0 Å². The molecule has 0 radical (unpaired) electrons. The molecule has 1 aromatic heterocycles. The van der Waals surface area contributed by atoms with Crippen molar-refractivity contribution in [2.24, 2.45) is 0 Å². The zero-order chi connectivity index (χ0) is 13.2. The Kier molecular flexibility index (Phi) is 3.84. The summed E-state index contributed by atoms with van der Waals surface area (Å²) in [6, 6.07) is 7.67. The summed E-state index contributed by atoms with van der Waals surface area (Å²) in [7, 11) is 0. The highest BCUT2D eigenvalue weighted by Gasteiger charge is 2.20. The third-order valence-corrected chi connectivity index (χ3v) is 4.52. The van der Waals surface area contributed by atoms with E-state index in [-0.39, 0.29) is 0 Å². The number of rotatable bonds is 2. The zero-order valence-electron chi connectivity index (χ0n) is 9.94. The Morgan fingerprint density at radius 1 is 1.37 bits per heavy atom. The van der Waals surface area contributed by atoms with Crippen molar-refractivity contribution in [1.29, 1.82) is 0 Å². The average Bonchev–Trinajstić information content (AvgIpc) is 2.40. The Morgan fingerprint density at radius 3 is 3.05 bits per heavy atom. The summed E-state index contributed by atoms with van der Waals surface area (Å²) in [4.78, 5) is 5.14. The molecular formula is C13H11Cl2N3S. The lowest BCUT2D eigenvalue weighted by molar-refractivity contribution is 0.492. The molecule has 0 saturated heterocycles. The fourth-order valence-electron chi connectivity index (χ4n) is 1.90. The Balaban J connectivity index is 1.79. The second-order valence-electron chi connectivity index (χ2n) is 4.19. The third kappa shape index (κ3) is 2.98. The fraction of sp³-hybridized carbons (Fsp3) is 0.154. The highest BCUT2D eigenvalue weighted by molar-refractivity contribution is 7.97. The normalized spacial score (nSPS) is 14.8. The van der Waals surface area contributed by atoms with Gasteiger partial charge in [0.05, 0.1) is 22.3 Å². The van der Waals surface area contributed by atoms with E-state index >= 15 is 0 Å². The second kappa shape index (κ2) is 5.59. The summed E-state index contributed by atoms with van der Waals surface area (Å²) in [6.45, 7) is 1.55. The quantitative estimate of drug-likeness (QED) is 0.838. The number of halogens is 2. The van der Waals surface area contributed by atoms with Gasteiger partial charge in [-0.1, -0.05) is 29.3 Å². The van der Waals surface area contributed by atoms with E-state index in [2.05, 4.69) is 20.7 Å². The van der Waals surface area contributed by atoms with Crippen LogP contribution in [0.4, 0.5) is 5.69 Å². The number of hydrogen-bond acceptors (Lipinski definition) is 4. The van der Waals surface area contributed by atoms with E-state index in [1.54, 1.807) is 24.2 Å². The van der Waals surface area contributed by atoms with E-state index < -0.39 is 0 Å². The molecule has 6 heteroatoms. The van der Waals surface area contributed by atoms with Crippen LogP contribution in [0.15, 0.2) is 41.6 Å². The first-order valence-corrected chi connectivity index (χ1v) is 7.30. The highest BCUT2D eigenvalue weighted by atomic mass is 35.5. The first kappa shape index (κ1) is 13.1. The Labute approximate surface area is 126 Å². The average molecular weight is 312 g/mol. The molecule has 19 heavy (non-hydrogen) atoms. The predicted molar refractivity (Wildman–Crippen MR) is 80.6 cm³/mol. The molecule has 0 unspecified atom stereocenters. The molecule has 0 amide bonds. The first-order valence-electron chi connectivity index (χ1n) is 5.77. The number of nitrogens with one attached hydrogen (secondary N) is 1. The highest BCUT2D eigenvalue weighted by Crippen LogP contribution is 2.41. The van der Waals surface area contributed by atoms with Gasteiger partial charge in [-0.25, -0.2) is 4.31 Å². The monoisotopic (exact) mass is 311 g/mol. The number of nitrogens with zero attached hydrogens (tertiary/aromatic N) is 2. The molecular weight excluding hydrogens is 301 g/mol. The standard InChI is InChI=1S/C13H11Cl2N3S/c14-10-4-11(15)13-12(5-10)17-8-18(19-13)7-9-2-1-3-16-6-9/h1-6,17H,7-8H2. The van der Waals surface area contributed by atoms with Crippen LogP contribution in [0.1, 0.15) is 5.56 Å². The molecule has 0 aliphatic carbocycles. The molecule has 0 fully saturated rings. The molecule has 1 aromatic carbocycles. The first-order chi connectivity index (χ1) is 9.22. The minimum absolute atomic E-state index is 0.651. The summed E-state index contributed by atoms with van der Waals surface area (Å²) in [6.07, 6.45) is 3.65. The van der Waals surface area contributed by atoms with Crippen LogP contribution in [-0.2, 0) is 6.54 Å². The van der Waals surface area contributed by atoms with Gasteiger partial charge in [0.1, 0.15) is 0 Å². The van der Waals surface area contributed by atoms with E-state index in [1.165, 1.54) is 5.56 Å². The Bertz CT molecular complexity index is 592. The van der Waals surface area contributed by atoms with Gasteiger partial charge in [-0.05, 0) is 35.7 Å². The van der Waals surface area contributed by atoms with Crippen LogP contribution in [0, 0.1) is 0 Å². The van der Waals surface area contributed by atoms with E-state index in [1.807, 2.05) is 18.3 Å². The van der Waals surface area contributed by atoms with Gasteiger partial charge in [-0.3, -0.25) is 4.98 Å². The number of fused-ring (bicyclic) bond motifs is 1. The SMILES string of the molecule is Clc1cc(Cl)c2c(c1)NCN(Cc1cccnc1)S2. The van der Waals surface area contributed by atoms with Crippen molar-refractivity contribution in [3.8, 4) is 0 Å². The van der Waals surface area contributed by atoms with Crippen molar-refractivity contribution in [1.82, 2.24) is 9.29 Å². The van der Waals surface area contributed by atoms with Gasteiger partial charge in [-0.15, -0.1) is 0 Å². The van der Waals surface area contributed by atoms with Crippen molar-refractivity contribution in [2.45, 2.75) is 11.4 Å². The van der Waals surface area contributed by atoms with Crippen LogP contribution >= 0.6 is 35.1 Å². The molecule has 0 saturated carbocycles. The summed E-state index contributed by atoms with van der Waals surface area (Å²) < 4.78 is 2.19. The van der Waals surface area contributed by atoms with Gasteiger partial charge in [0, 0.05) is 24.0 Å². The van der Waals surface area contributed by atoms with Gasteiger partial charge in [0.15, 0.2) is 0 Å². The fourth-order valence-corrected chi connectivity index (χ4v) is 3.48. The minimum Gasteiger partial charge on any atom is -0.370 e. The molecule has 2 heterocycles. The molecule has 1 aliphatic heterocycles. The van der Waals surface area contributed by atoms with Crippen LogP contribution < -0.4 is 5.32 Å². The molecule has 2 aromatic rings. The van der Waals surface area contributed by atoms with Crippen LogP contribution in [0.2, 0.25) is 10.0 Å². The van der Waals surface area contributed by atoms with Crippen LogP contribution in [0.5, 0.6) is 0 Å². The van der Waals surface area contributed by atoms with Crippen molar-refractivity contribution in [3.05, 3.63) is 52.3 Å². The van der Waals surface area contributed by atoms with Crippen molar-refractivity contribution in [3.63, 3.8) is 0 Å². The van der Waals surface area contributed by atoms with Crippen molar-refractivity contribution < 1.29 is 0 Å². The lowest BCUT2D eigenvalue weighted by Crippen LogP contribution is -2.26. The van der Waals surface area contributed by atoms with Gasteiger partial charge in [0.2, 0.25) is 0 Å². The van der Waals surface area contributed by atoms with Crippen LogP contribution in [0.25, 0.3) is 0 Å². The topological polar surface area (TPSA) is 28.2 Å². The lowest BCUT2D eigenvalue weighted by Gasteiger charge is -2.29. The minimum atomic E-state index is 0.651. The number of benzene rings is 1. The summed E-state index contributed by atoms with van der Waals surface area (Å²) in [5, 5.41) is 4.66. The van der Waals surface area contributed by atoms with E-state index in [9.17, 15) is 0 Å². The van der Waals surface area contributed by atoms with Gasteiger partial charge in [-0.2, -0.15) is 0 Å². The summed E-state index contributed by atoms with van der Waals surface area (Å²) >= 11 is 13.9. The Morgan fingerprint density at radius 2 is 2.26 bits per heavy atom. The van der Waals surface area contributed by atoms with Gasteiger partial charge < -0.3 is 5.32 Å². The smallest absolute Gasteiger partial charge is 0.0782 e. The third-order valence-electron chi connectivity index (χ3n) is 2.76. The largest absolute Gasteiger partial charge is 0.370 e. The maximum Gasteiger partial charge on any atom is 0.0782 e. The van der Waals surface area contributed by atoms with Crippen molar-refractivity contribution in [2.75, 3.05) is 12.0 Å². The number of aromatic nitrogens is 1. The zero-order valence-corrected chi connectivity index (χ0v) is 12.3. The Hall–Kier alpha value is -0.940. The summed E-state index contributed by atoms with van der Waals surface area (Å²) in [5.74, 6) is 0. The molecule has 0 bridgehead atoms. The molecule has 0 atom stereocenters. The molecule has 98 valence electrons. The van der Waals surface area contributed by atoms with E-state index in [4.69, 9.17) is 23.2 Å². The molecule has 3 rings (SSSR count). The van der Waals surface area contributed by atoms with E-state index in [0.29, 0.717) is 10.0 Å². The van der Waals surface area contributed by atoms with Gasteiger partial charge >= 0.3 is 0 Å². The lowest BCUT2D eigenvalue weighted by atomic mass is 10.3. The molecule has 3 nitrogen and oxygen atoms in total.